The highest BCUT2D eigenvalue weighted by molar-refractivity contribution is 5.97. The Labute approximate surface area is 274 Å². The minimum atomic E-state index is -1.02. The highest BCUT2D eigenvalue weighted by atomic mass is 19.1. The molecule has 0 unspecified atom stereocenters. The van der Waals surface area contributed by atoms with Crippen molar-refractivity contribution in [3.05, 3.63) is 65.4 Å². The van der Waals surface area contributed by atoms with Crippen LogP contribution in [-0.2, 0) is 17.8 Å². The van der Waals surface area contributed by atoms with E-state index in [1.54, 1.807) is 0 Å². The molecule has 2 aromatic carbocycles. The molecule has 4 aliphatic rings. The van der Waals surface area contributed by atoms with E-state index >= 15 is 0 Å². The van der Waals surface area contributed by atoms with E-state index in [1.165, 1.54) is 23.8 Å². The zero-order chi connectivity index (χ0) is 32.7. The molecule has 3 aliphatic heterocycles. The van der Waals surface area contributed by atoms with Crippen molar-refractivity contribution in [3.8, 4) is 12.1 Å². The molecule has 0 spiro atoms. The third-order valence-corrected chi connectivity index (χ3v) is 10.4. The van der Waals surface area contributed by atoms with Gasteiger partial charge in [0.25, 0.3) is 5.91 Å². The summed E-state index contributed by atoms with van der Waals surface area (Å²) in [4.78, 5) is 30.8. The zero-order valence-electron chi connectivity index (χ0n) is 27.0. The summed E-state index contributed by atoms with van der Waals surface area (Å²) in [7, 11) is 0. The summed E-state index contributed by atoms with van der Waals surface area (Å²) in [6.07, 6.45) is 5.46. The maximum atomic E-state index is 14.7. The molecule has 246 valence electrons. The first-order valence-corrected chi connectivity index (χ1v) is 16.7. The molecule has 2 saturated heterocycles. The predicted octanol–water partition coefficient (Wildman–Crippen LogP) is 5.31. The SMILES string of the molecule is C=C(F)C(=O)N1CCN(c2nc(OCC3(CN4CCCC4)CC3)nc3c2CCN(c2cccc4ccc(F)c(C)c24)C3)C[C@@H]1CC#N. The van der Waals surface area contributed by atoms with Gasteiger partial charge in [-0.2, -0.15) is 15.2 Å². The molecule has 1 atom stereocenters. The van der Waals surface area contributed by atoms with Crippen molar-refractivity contribution in [2.75, 3.05) is 62.2 Å². The van der Waals surface area contributed by atoms with E-state index < -0.39 is 17.8 Å². The first-order chi connectivity index (χ1) is 22.7. The summed E-state index contributed by atoms with van der Waals surface area (Å²) >= 11 is 0. The smallest absolute Gasteiger partial charge is 0.318 e. The largest absolute Gasteiger partial charge is 0.463 e. The zero-order valence-corrected chi connectivity index (χ0v) is 27.0. The second-order valence-corrected chi connectivity index (χ2v) is 13.6. The maximum absolute atomic E-state index is 14.7. The maximum Gasteiger partial charge on any atom is 0.318 e. The van der Waals surface area contributed by atoms with E-state index in [9.17, 15) is 18.8 Å². The van der Waals surface area contributed by atoms with E-state index in [-0.39, 0.29) is 24.2 Å². The first-order valence-electron chi connectivity index (χ1n) is 16.7. The van der Waals surface area contributed by atoms with Crippen LogP contribution in [0.2, 0.25) is 0 Å². The van der Waals surface area contributed by atoms with Gasteiger partial charge in [-0.15, -0.1) is 0 Å². The summed E-state index contributed by atoms with van der Waals surface area (Å²) in [5.74, 6) is -1.29. The molecule has 47 heavy (non-hydrogen) atoms. The molecule has 0 N–H and O–H groups in total. The monoisotopic (exact) mass is 641 g/mol. The Hall–Kier alpha value is -4.30. The molecular formula is C36H41F2N7O2. The van der Waals surface area contributed by atoms with Gasteiger partial charge in [0.1, 0.15) is 11.6 Å². The number of aryl methyl sites for hydroxylation is 1. The summed E-state index contributed by atoms with van der Waals surface area (Å²) in [6, 6.07) is 11.4. The lowest BCUT2D eigenvalue weighted by atomic mass is 9.99. The molecule has 3 aromatic rings. The number of amides is 1. The Balaban J connectivity index is 1.21. The molecule has 1 aromatic heterocycles. The number of carbonyl (C=O) groups is 1. The van der Waals surface area contributed by atoms with Gasteiger partial charge in [-0.25, -0.2) is 8.78 Å². The van der Waals surface area contributed by atoms with Gasteiger partial charge in [-0.05, 0) is 75.2 Å². The average molecular weight is 642 g/mol. The number of ether oxygens (including phenoxy) is 1. The highest BCUT2D eigenvalue weighted by Gasteiger charge is 2.45. The van der Waals surface area contributed by atoms with Crippen LogP contribution in [0.3, 0.4) is 0 Å². The molecule has 7 rings (SSSR count). The normalized spacial score (nSPS) is 20.6. The van der Waals surface area contributed by atoms with Crippen LogP contribution >= 0.6 is 0 Å². The minimum absolute atomic E-state index is 0.0654. The Bertz CT molecular complexity index is 1750. The average Bonchev–Trinajstić information content (AvgIpc) is 3.65. The number of fused-ring (bicyclic) bond motifs is 2. The number of hydrogen-bond acceptors (Lipinski definition) is 8. The number of rotatable bonds is 9. The van der Waals surface area contributed by atoms with Crippen LogP contribution in [0.5, 0.6) is 6.01 Å². The summed E-state index contributed by atoms with van der Waals surface area (Å²) < 4.78 is 35.0. The molecule has 0 bridgehead atoms. The molecule has 1 saturated carbocycles. The predicted molar refractivity (Wildman–Crippen MR) is 176 cm³/mol. The summed E-state index contributed by atoms with van der Waals surface area (Å²) in [5, 5.41) is 11.4. The minimum Gasteiger partial charge on any atom is -0.463 e. The number of likely N-dealkylation sites (tertiary alicyclic amines) is 1. The molecular weight excluding hydrogens is 600 g/mol. The summed E-state index contributed by atoms with van der Waals surface area (Å²) in [6.45, 7) is 11.0. The number of nitrogens with zero attached hydrogens (tertiary/aromatic N) is 7. The quantitative estimate of drug-likeness (QED) is 0.291. The Morgan fingerprint density at radius 3 is 2.66 bits per heavy atom. The van der Waals surface area contributed by atoms with Crippen LogP contribution in [0, 0.1) is 29.5 Å². The van der Waals surface area contributed by atoms with Crippen LogP contribution in [0.25, 0.3) is 10.8 Å². The second kappa shape index (κ2) is 12.7. The molecule has 0 radical (unpaired) electrons. The van der Waals surface area contributed by atoms with Crippen LogP contribution < -0.4 is 14.5 Å². The lowest BCUT2D eigenvalue weighted by molar-refractivity contribution is -0.131. The second-order valence-electron chi connectivity index (χ2n) is 13.6. The fourth-order valence-corrected chi connectivity index (χ4v) is 7.60. The van der Waals surface area contributed by atoms with Gasteiger partial charge in [0, 0.05) is 54.8 Å². The fraction of sp³-hybridized carbons (Fsp3) is 0.500. The lowest BCUT2D eigenvalue weighted by Crippen LogP contribution is -2.55. The highest BCUT2D eigenvalue weighted by Crippen LogP contribution is 2.47. The van der Waals surface area contributed by atoms with Gasteiger partial charge in [-0.1, -0.05) is 24.8 Å². The lowest BCUT2D eigenvalue weighted by Gasteiger charge is -2.42. The molecule has 3 fully saturated rings. The van der Waals surface area contributed by atoms with Gasteiger partial charge >= 0.3 is 6.01 Å². The van der Waals surface area contributed by atoms with Crippen molar-refractivity contribution >= 4 is 28.2 Å². The van der Waals surface area contributed by atoms with Crippen molar-refractivity contribution in [3.63, 3.8) is 0 Å². The van der Waals surface area contributed by atoms with Crippen LogP contribution in [0.15, 0.2) is 42.7 Å². The van der Waals surface area contributed by atoms with Crippen molar-refractivity contribution in [2.45, 2.75) is 58.0 Å². The number of benzene rings is 2. The molecule has 9 nitrogen and oxygen atoms in total. The third kappa shape index (κ3) is 6.23. The van der Waals surface area contributed by atoms with Crippen molar-refractivity contribution in [1.82, 2.24) is 19.8 Å². The Morgan fingerprint density at radius 2 is 1.91 bits per heavy atom. The topological polar surface area (TPSA) is 88.8 Å². The van der Waals surface area contributed by atoms with E-state index in [1.807, 2.05) is 31.2 Å². The van der Waals surface area contributed by atoms with Crippen LogP contribution in [-0.4, -0.2) is 84.1 Å². The molecule has 1 amide bonds. The molecule has 1 aliphatic carbocycles. The van der Waals surface area contributed by atoms with E-state index in [0.717, 1.165) is 66.0 Å². The van der Waals surface area contributed by atoms with Crippen LogP contribution in [0.4, 0.5) is 20.3 Å². The van der Waals surface area contributed by atoms with Crippen molar-refractivity contribution < 1.29 is 18.3 Å². The van der Waals surface area contributed by atoms with Gasteiger partial charge in [0.2, 0.25) is 0 Å². The number of piperazine rings is 1. The first kappa shape index (κ1) is 31.3. The number of aromatic nitrogens is 2. The van der Waals surface area contributed by atoms with E-state index in [0.29, 0.717) is 50.8 Å². The standard InChI is InChI=1S/C36H41F2N7O2/c1-24-29(38)9-8-26-6-5-7-31(32(24)26)43-17-11-28-30(21-43)40-35(47-23-36(12-13-36)22-42-15-3-4-16-42)41-33(28)44-18-19-45(34(46)25(2)37)27(20-44)10-14-39/h5-9,27H,2-4,10-13,15-23H2,1H3/t27-/m0/s1. The van der Waals surface area contributed by atoms with Gasteiger partial charge < -0.3 is 24.3 Å². The van der Waals surface area contributed by atoms with Crippen LogP contribution in [0.1, 0.15) is 48.9 Å². The number of halogens is 2. The van der Waals surface area contributed by atoms with Gasteiger partial charge in [0.05, 0.1) is 37.4 Å². The Morgan fingerprint density at radius 1 is 1.11 bits per heavy atom. The van der Waals surface area contributed by atoms with Gasteiger partial charge in [0.15, 0.2) is 5.83 Å². The third-order valence-electron chi connectivity index (χ3n) is 10.4. The molecule has 11 heteroatoms. The van der Waals surface area contributed by atoms with Gasteiger partial charge in [-0.3, -0.25) is 4.79 Å². The Kier molecular flexibility index (Phi) is 8.47. The van der Waals surface area contributed by atoms with Crippen molar-refractivity contribution in [1.29, 1.82) is 5.26 Å². The number of carbonyl (C=O) groups excluding carboxylic acids is 1. The number of anilines is 2. The number of nitriles is 1. The van der Waals surface area contributed by atoms with Crippen molar-refractivity contribution in [2.24, 2.45) is 5.41 Å². The van der Waals surface area contributed by atoms with E-state index in [2.05, 4.69) is 27.3 Å². The fourth-order valence-electron chi connectivity index (χ4n) is 7.60. The van der Waals surface area contributed by atoms with E-state index in [4.69, 9.17) is 14.7 Å². The number of hydrogen-bond donors (Lipinski definition) is 0. The summed E-state index contributed by atoms with van der Waals surface area (Å²) in [5.41, 5.74) is 3.55. The molecule has 4 heterocycles.